The van der Waals surface area contributed by atoms with Crippen molar-refractivity contribution in [3.8, 4) is 0 Å². The largest absolute Gasteiger partial charge is 0.370 e. The van der Waals surface area contributed by atoms with Crippen molar-refractivity contribution >= 4 is 28.2 Å². The summed E-state index contributed by atoms with van der Waals surface area (Å²) < 4.78 is 1.71. The Morgan fingerprint density at radius 2 is 1.97 bits per heavy atom. The van der Waals surface area contributed by atoms with Gasteiger partial charge in [-0.25, -0.2) is 4.98 Å². The van der Waals surface area contributed by atoms with Crippen LogP contribution in [0.1, 0.15) is 34.1 Å². The number of carbonyl (C=O) groups excluding carboxylic acids is 1. The Balaban J connectivity index is 1.46. The maximum Gasteiger partial charge on any atom is 0.273 e. The highest BCUT2D eigenvalue weighted by Gasteiger charge is 2.25. The van der Waals surface area contributed by atoms with Crippen LogP contribution >= 0.6 is 0 Å². The SMILES string of the molecule is Cc1cc(N2CCC(c3ccccc3)C2)c2cc(NC(=O)c3cncn3C)ccc2n1. The summed E-state index contributed by atoms with van der Waals surface area (Å²) in [6, 6.07) is 18.8. The Morgan fingerprint density at radius 1 is 1.13 bits per heavy atom. The van der Waals surface area contributed by atoms with Crippen LogP contribution in [0, 0.1) is 6.92 Å². The maximum atomic E-state index is 12.6. The first-order valence-corrected chi connectivity index (χ1v) is 10.6. The number of aryl methyl sites for hydroxylation is 2. The molecule has 1 saturated heterocycles. The van der Waals surface area contributed by atoms with Crippen LogP contribution in [0.2, 0.25) is 0 Å². The standard InChI is InChI=1S/C25H25N5O/c1-17-12-23(30-11-10-19(15-30)18-6-4-3-5-7-18)21-13-20(8-9-22(21)27-17)28-25(31)24-14-26-16-29(24)2/h3-9,12-14,16,19H,10-11,15H2,1-2H3,(H,28,31). The van der Waals surface area contributed by atoms with E-state index in [9.17, 15) is 4.79 Å². The van der Waals surface area contributed by atoms with Crippen LogP contribution in [0.5, 0.6) is 0 Å². The van der Waals surface area contributed by atoms with Gasteiger partial charge >= 0.3 is 0 Å². The van der Waals surface area contributed by atoms with E-state index in [-0.39, 0.29) is 5.91 Å². The molecule has 0 bridgehead atoms. The average molecular weight is 412 g/mol. The van der Waals surface area contributed by atoms with Gasteiger partial charge in [-0.15, -0.1) is 0 Å². The number of hydrogen-bond donors (Lipinski definition) is 1. The molecule has 0 spiro atoms. The van der Waals surface area contributed by atoms with Crippen LogP contribution in [-0.4, -0.2) is 33.5 Å². The minimum absolute atomic E-state index is 0.175. The van der Waals surface area contributed by atoms with E-state index >= 15 is 0 Å². The number of fused-ring (bicyclic) bond motifs is 1. The van der Waals surface area contributed by atoms with E-state index in [4.69, 9.17) is 4.98 Å². The minimum Gasteiger partial charge on any atom is -0.370 e. The molecule has 1 aliphatic rings. The van der Waals surface area contributed by atoms with E-state index in [1.54, 1.807) is 17.1 Å². The number of nitrogens with one attached hydrogen (secondary N) is 1. The van der Waals surface area contributed by atoms with Crippen molar-refractivity contribution in [3.63, 3.8) is 0 Å². The number of imidazole rings is 1. The molecule has 2 aromatic heterocycles. The lowest BCUT2D eigenvalue weighted by Gasteiger charge is -2.22. The zero-order valence-electron chi connectivity index (χ0n) is 17.7. The van der Waals surface area contributed by atoms with E-state index in [1.165, 1.54) is 11.3 Å². The third-order valence-corrected chi connectivity index (χ3v) is 6.02. The monoisotopic (exact) mass is 411 g/mol. The lowest BCUT2D eigenvalue weighted by molar-refractivity contribution is 0.101. The summed E-state index contributed by atoms with van der Waals surface area (Å²) in [5.41, 5.74) is 5.79. The zero-order chi connectivity index (χ0) is 21.4. The van der Waals surface area contributed by atoms with E-state index in [2.05, 4.69) is 51.6 Å². The number of amides is 1. The molecule has 1 amide bonds. The third kappa shape index (κ3) is 3.77. The highest BCUT2D eigenvalue weighted by molar-refractivity contribution is 6.04. The first-order valence-electron chi connectivity index (χ1n) is 10.6. The van der Waals surface area contributed by atoms with Crippen molar-refractivity contribution in [2.45, 2.75) is 19.3 Å². The van der Waals surface area contributed by atoms with E-state index in [0.717, 1.165) is 41.8 Å². The number of aromatic nitrogens is 3. The summed E-state index contributed by atoms with van der Waals surface area (Å²) >= 11 is 0. The molecule has 156 valence electrons. The molecule has 1 N–H and O–H groups in total. The molecule has 6 heteroatoms. The van der Waals surface area contributed by atoms with Crippen LogP contribution in [0.25, 0.3) is 10.9 Å². The molecule has 3 heterocycles. The van der Waals surface area contributed by atoms with Gasteiger partial charge in [-0.3, -0.25) is 9.78 Å². The van der Waals surface area contributed by atoms with Gasteiger partial charge in [0, 0.05) is 48.5 Å². The molecule has 1 aliphatic heterocycles. The smallest absolute Gasteiger partial charge is 0.273 e. The van der Waals surface area contributed by atoms with E-state index < -0.39 is 0 Å². The van der Waals surface area contributed by atoms with Crippen molar-refractivity contribution in [1.82, 2.24) is 14.5 Å². The van der Waals surface area contributed by atoms with Crippen LogP contribution in [0.4, 0.5) is 11.4 Å². The minimum atomic E-state index is -0.175. The number of rotatable bonds is 4. The van der Waals surface area contributed by atoms with Crippen LogP contribution < -0.4 is 10.2 Å². The molecule has 4 aromatic rings. The Hall–Kier alpha value is -3.67. The van der Waals surface area contributed by atoms with E-state index in [0.29, 0.717) is 11.6 Å². The van der Waals surface area contributed by atoms with Gasteiger partial charge in [0.25, 0.3) is 5.91 Å². The fourth-order valence-electron chi connectivity index (χ4n) is 4.42. The van der Waals surface area contributed by atoms with Gasteiger partial charge in [0.1, 0.15) is 5.69 Å². The first-order chi connectivity index (χ1) is 15.1. The number of anilines is 2. The van der Waals surface area contributed by atoms with Gasteiger partial charge in [-0.1, -0.05) is 30.3 Å². The molecule has 31 heavy (non-hydrogen) atoms. The molecular weight excluding hydrogens is 386 g/mol. The second-order valence-electron chi connectivity index (χ2n) is 8.20. The molecular formula is C25H25N5O. The van der Waals surface area contributed by atoms with Crippen molar-refractivity contribution in [3.05, 3.63) is 84.1 Å². The van der Waals surface area contributed by atoms with Gasteiger partial charge in [-0.05, 0) is 43.2 Å². The Bertz CT molecular complexity index is 1250. The molecule has 1 fully saturated rings. The van der Waals surface area contributed by atoms with Crippen molar-refractivity contribution in [2.24, 2.45) is 7.05 Å². The third-order valence-electron chi connectivity index (χ3n) is 6.02. The van der Waals surface area contributed by atoms with Gasteiger partial charge < -0.3 is 14.8 Å². The summed E-state index contributed by atoms with van der Waals surface area (Å²) in [5, 5.41) is 4.06. The Morgan fingerprint density at radius 3 is 2.74 bits per heavy atom. The molecule has 6 nitrogen and oxygen atoms in total. The number of benzene rings is 2. The first kappa shape index (κ1) is 19.3. The van der Waals surface area contributed by atoms with Gasteiger partial charge in [0.05, 0.1) is 18.0 Å². The molecule has 1 atom stereocenters. The number of nitrogens with zero attached hydrogens (tertiary/aromatic N) is 4. The van der Waals surface area contributed by atoms with Gasteiger partial charge in [-0.2, -0.15) is 0 Å². The van der Waals surface area contributed by atoms with Gasteiger partial charge in [0.2, 0.25) is 0 Å². The van der Waals surface area contributed by atoms with Crippen LogP contribution in [0.15, 0.2) is 67.1 Å². The van der Waals surface area contributed by atoms with Crippen molar-refractivity contribution in [2.75, 3.05) is 23.3 Å². The fourth-order valence-corrected chi connectivity index (χ4v) is 4.42. The number of pyridine rings is 1. The van der Waals surface area contributed by atoms with Crippen molar-refractivity contribution in [1.29, 1.82) is 0 Å². The molecule has 0 aliphatic carbocycles. The lowest BCUT2D eigenvalue weighted by atomic mass is 9.99. The highest BCUT2D eigenvalue weighted by atomic mass is 16.2. The van der Waals surface area contributed by atoms with Crippen LogP contribution in [0.3, 0.4) is 0 Å². The topological polar surface area (TPSA) is 63.1 Å². The fraction of sp³-hybridized carbons (Fsp3) is 0.240. The Labute approximate surface area is 181 Å². The summed E-state index contributed by atoms with van der Waals surface area (Å²) in [6.45, 7) is 4.02. The van der Waals surface area contributed by atoms with Crippen LogP contribution in [-0.2, 0) is 7.05 Å². The summed E-state index contributed by atoms with van der Waals surface area (Å²) in [4.78, 5) is 23.8. The zero-order valence-corrected chi connectivity index (χ0v) is 17.7. The molecule has 0 saturated carbocycles. The number of hydrogen-bond acceptors (Lipinski definition) is 4. The van der Waals surface area contributed by atoms with Crippen molar-refractivity contribution < 1.29 is 4.79 Å². The average Bonchev–Trinajstić information content (AvgIpc) is 3.43. The molecule has 0 radical (unpaired) electrons. The molecule has 2 aromatic carbocycles. The second-order valence-corrected chi connectivity index (χ2v) is 8.20. The van der Waals surface area contributed by atoms with E-state index in [1.807, 2.05) is 32.2 Å². The highest BCUT2D eigenvalue weighted by Crippen LogP contribution is 2.35. The predicted molar refractivity (Wildman–Crippen MR) is 124 cm³/mol. The molecule has 5 rings (SSSR count). The summed E-state index contributed by atoms with van der Waals surface area (Å²) in [5.74, 6) is 0.351. The van der Waals surface area contributed by atoms with Gasteiger partial charge in [0.15, 0.2) is 0 Å². The predicted octanol–water partition coefficient (Wildman–Crippen LogP) is 4.52. The quantitative estimate of drug-likeness (QED) is 0.536. The lowest BCUT2D eigenvalue weighted by Crippen LogP contribution is -2.20. The Kier molecular flexibility index (Phi) is 4.90. The summed E-state index contributed by atoms with van der Waals surface area (Å²) in [6.07, 6.45) is 4.32. The second kappa shape index (κ2) is 7.87. The maximum absolute atomic E-state index is 12.6. The number of carbonyl (C=O) groups is 1. The normalized spacial score (nSPS) is 16.1. The molecule has 1 unspecified atom stereocenters. The summed E-state index contributed by atoms with van der Waals surface area (Å²) in [7, 11) is 1.81.